The molecule has 1 saturated heterocycles. The van der Waals surface area contributed by atoms with E-state index in [4.69, 9.17) is 23.2 Å². The standard InChI is InChI=1S/C25H33Cl2FN4OS/c1-3-34-24-7-6-19(26)11-18(24)14-31-25(33)17-12-22(27)21(23(28)13-17)16-32-10-4-5-20(15-32)30-9-8-29-2/h6-7,11-13,20,29-30H,3-5,8-10,14-16H2,1-2H3,(H,31,33). The number of piperidine rings is 1. The third-order valence-electron chi connectivity index (χ3n) is 5.86. The average molecular weight is 528 g/mol. The summed E-state index contributed by atoms with van der Waals surface area (Å²) in [6.07, 6.45) is 2.17. The molecule has 1 atom stereocenters. The Balaban J connectivity index is 1.62. The van der Waals surface area contributed by atoms with Crippen LogP contribution >= 0.6 is 35.0 Å². The molecule has 0 saturated carbocycles. The van der Waals surface area contributed by atoms with Crippen molar-refractivity contribution in [2.75, 3.05) is 39.0 Å². The van der Waals surface area contributed by atoms with Crippen LogP contribution in [-0.4, -0.2) is 55.8 Å². The molecule has 3 rings (SSSR count). The lowest BCUT2D eigenvalue weighted by atomic mass is 10.0. The molecule has 0 radical (unpaired) electrons. The van der Waals surface area contributed by atoms with Crippen molar-refractivity contribution in [1.82, 2.24) is 20.9 Å². The number of carbonyl (C=O) groups is 1. The SMILES string of the molecule is CCSc1ccc(Cl)cc1CNC(=O)c1cc(F)c(CN2CCCC(NCCNC)C2)c(Cl)c1. The van der Waals surface area contributed by atoms with Gasteiger partial charge in [0.1, 0.15) is 5.82 Å². The van der Waals surface area contributed by atoms with Crippen molar-refractivity contribution in [1.29, 1.82) is 0 Å². The number of likely N-dealkylation sites (N-methyl/N-ethyl adjacent to an activating group) is 1. The molecule has 5 nitrogen and oxygen atoms in total. The lowest BCUT2D eigenvalue weighted by Gasteiger charge is -2.33. The molecule has 1 amide bonds. The number of likely N-dealkylation sites (tertiary alicyclic amines) is 1. The molecule has 0 aromatic heterocycles. The van der Waals surface area contributed by atoms with Gasteiger partial charge in [0, 0.05) is 64.8 Å². The lowest BCUT2D eigenvalue weighted by molar-refractivity contribution is 0.0950. The molecule has 1 heterocycles. The van der Waals surface area contributed by atoms with Crippen molar-refractivity contribution >= 4 is 40.9 Å². The first kappa shape index (κ1) is 27.2. The van der Waals surface area contributed by atoms with Gasteiger partial charge in [-0.3, -0.25) is 9.69 Å². The minimum absolute atomic E-state index is 0.211. The minimum Gasteiger partial charge on any atom is -0.348 e. The molecular weight excluding hydrogens is 494 g/mol. The Morgan fingerprint density at radius 2 is 2.06 bits per heavy atom. The van der Waals surface area contributed by atoms with Crippen LogP contribution in [0.15, 0.2) is 35.2 Å². The molecular formula is C25H33Cl2FN4OS. The fraction of sp³-hybridized carbons (Fsp3) is 0.480. The van der Waals surface area contributed by atoms with E-state index >= 15 is 4.39 Å². The number of nitrogens with one attached hydrogen (secondary N) is 3. The highest BCUT2D eigenvalue weighted by Crippen LogP contribution is 2.27. The third-order valence-corrected chi connectivity index (χ3v) is 7.43. The zero-order valence-corrected chi connectivity index (χ0v) is 22.1. The number of thioether (sulfide) groups is 1. The molecule has 3 N–H and O–H groups in total. The van der Waals surface area contributed by atoms with Crippen molar-refractivity contribution < 1.29 is 9.18 Å². The van der Waals surface area contributed by atoms with Crippen LogP contribution < -0.4 is 16.0 Å². The van der Waals surface area contributed by atoms with Crippen LogP contribution in [0.4, 0.5) is 4.39 Å². The second-order valence-corrected chi connectivity index (χ2v) is 10.6. The van der Waals surface area contributed by atoms with Gasteiger partial charge in [0.25, 0.3) is 5.91 Å². The predicted octanol–water partition coefficient (Wildman–Crippen LogP) is 4.95. The van der Waals surface area contributed by atoms with Crippen LogP contribution in [0.3, 0.4) is 0 Å². The molecule has 1 aliphatic rings. The molecule has 2 aromatic carbocycles. The Hall–Kier alpha value is -1.35. The van der Waals surface area contributed by atoms with Gasteiger partial charge < -0.3 is 16.0 Å². The van der Waals surface area contributed by atoms with Crippen LogP contribution in [-0.2, 0) is 13.1 Å². The number of benzene rings is 2. The fourth-order valence-electron chi connectivity index (χ4n) is 4.14. The largest absolute Gasteiger partial charge is 0.348 e. The highest BCUT2D eigenvalue weighted by atomic mass is 35.5. The Morgan fingerprint density at radius 1 is 1.24 bits per heavy atom. The van der Waals surface area contributed by atoms with Crippen LogP contribution in [0.1, 0.15) is 41.3 Å². The van der Waals surface area contributed by atoms with Gasteiger partial charge in [-0.25, -0.2) is 4.39 Å². The van der Waals surface area contributed by atoms with E-state index in [1.807, 2.05) is 25.2 Å². The van der Waals surface area contributed by atoms with E-state index in [0.29, 0.717) is 29.7 Å². The van der Waals surface area contributed by atoms with E-state index in [1.165, 1.54) is 6.07 Å². The second kappa shape index (κ2) is 13.7. The summed E-state index contributed by atoms with van der Waals surface area (Å²) < 4.78 is 15.0. The fourth-order valence-corrected chi connectivity index (χ4v) is 5.39. The second-order valence-electron chi connectivity index (χ2n) is 8.42. The maximum Gasteiger partial charge on any atom is 0.251 e. The number of hydrogen-bond donors (Lipinski definition) is 3. The van der Waals surface area contributed by atoms with E-state index in [9.17, 15) is 4.79 Å². The van der Waals surface area contributed by atoms with Gasteiger partial charge in [0.05, 0.1) is 0 Å². The Kier molecular flexibility index (Phi) is 10.9. The van der Waals surface area contributed by atoms with E-state index in [-0.39, 0.29) is 16.5 Å². The molecule has 1 fully saturated rings. The highest BCUT2D eigenvalue weighted by molar-refractivity contribution is 7.99. The molecule has 34 heavy (non-hydrogen) atoms. The molecule has 0 aliphatic carbocycles. The van der Waals surface area contributed by atoms with Gasteiger partial charge in [-0.1, -0.05) is 30.1 Å². The molecule has 1 aliphatic heterocycles. The van der Waals surface area contributed by atoms with E-state index < -0.39 is 5.82 Å². The zero-order valence-electron chi connectivity index (χ0n) is 19.7. The first-order valence-electron chi connectivity index (χ1n) is 11.7. The summed E-state index contributed by atoms with van der Waals surface area (Å²) in [6, 6.07) is 8.85. The van der Waals surface area contributed by atoms with Crippen LogP contribution in [0.5, 0.6) is 0 Å². The number of nitrogens with zero attached hydrogens (tertiary/aromatic N) is 1. The quantitative estimate of drug-likeness (QED) is 0.285. The van der Waals surface area contributed by atoms with Crippen molar-refractivity contribution in [2.45, 2.75) is 43.8 Å². The smallest absolute Gasteiger partial charge is 0.251 e. The van der Waals surface area contributed by atoms with E-state index in [1.54, 1.807) is 17.8 Å². The average Bonchev–Trinajstić information content (AvgIpc) is 2.82. The van der Waals surface area contributed by atoms with Crippen LogP contribution in [0, 0.1) is 5.82 Å². The number of halogens is 3. The summed E-state index contributed by atoms with van der Waals surface area (Å²) in [5.41, 5.74) is 1.58. The molecule has 1 unspecified atom stereocenters. The normalized spacial score (nSPS) is 16.6. The first-order valence-corrected chi connectivity index (χ1v) is 13.4. The van der Waals surface area contributed by atoms with Gasteiger partial charge in [-0.15, -0.1) is 11.8 Å². The van der Waals surface area contributed by atoms with Crippen molar-refractivity contribution in [2.24, 2.45) is 0 Å². The number of hydrogen-bond acceptors (Lipinski definition) is 5. The minimum atomic E-state index is -0.451. The van der Waals surface area contributed by atoms with Gasteiger partial charge in [-0.05, 0) is 68.1 Å². The van der Waals surface area contributed by atoms with E-state index in [0.717, 1.165) is 55.2 Å². The van der Waals surface area contributed by atoms with Crippen LogP contribution in [0.2, 0.25) is 10.0 Å². The lowest BCUT2D eigenvalue weighted by Crippen LogP contribution is -2.46. The number of amides is 1. The topological polar surface area (TPSA) is 56.4 Å². The zero-order chi connectivity index (χ0) is 24.5. The Bertz CT molecular complexity index is 955. The highest BCUT2D eigenvalue weighted by Gasteiger charge is 2.22. The van der Waals surface area contributed by atoms with Crippen molar-refractivity contribution in [3.63, 3.8) is 0 Å². The van der Waals surface area contributed by atoms with Crippen LogP contribution in [0.25, 0.3) is 0 Å². The summed E-state index contributed by atoms with van der Waals surface area (Å²) in [5, 5.41) is 10.4. The molecule has 0 bridgehead atoms. The third kappa shape index (κ3) is 7.83. The van der Waals surface area contributed by atoms with E-state index in [2.05, 4.69) is 27.8 Å². The summed E-state index contributed by atoms with van der Waals surface area (Å²) in [5.74, 6) is 0.0914. The number of carbonyl (C=O) groups excluding carboxylic acids is 1. The van der Waals surface area contributed by atoms with Gasteiger partial charge in [-0.2, -0.15) is 0 Å². The maximum absolute atomic E-state index is 15.0. The monoisotopic (exact) mass is 526 g/mol. The van der Waals surface area contributed by atoms with Crippen molar-refractivity contribution in [3.05, 3.63) is 62.9 Å². The van der Waals surface area contributed by atoms with Gasteiger partial charge in [0.2, 0.25) is 0 Å². The van der Waals surface area contributed by atoms with Crippen molar-refractivity contribution in [3.8, 4) is 0 Å². The van der Waals surface area contributed by atoms with Gasteiger partial charge >= 0.3 is 0 Å². The van der Waals surface area contributed by atoms with Gasteiger partial charge in [0.15, 0.2) is 0 Å². The summed E-state index contributed by atoms with van der Waals surface area (Å²) in [7, 11) is 1.93. The number of rotatable bonds is 11. The predicted molar refractivity (Wildman–Crippen MR) is 141 cm³/mol. The summed E-state index contributed by atoms with van der Waals surface area (Å²) in [4.78, 5) is 16.0. The molecule has 9 heteroatoms. The molecule has 186 valence electrons. The summed E-state index contributed by atoms with van der Waals surface area (Å²) in [6.45, 7) is 6.37. The maximum atomic E-state index is 15.0. The summed E-state index contributed by atoms with van der Waals surface area (Å²) >= 11 is 14.3. The molecule has 2 aromatic rings. The Labute approximate surface area is 216 Å². The molecule has 0 spiro atoms. The first-order chi connectivity index (χ1) is 16.4. The Morgan fingerprint density at radius 3 is 2.79 bits per heavy atom.